The Balaban J connectivity index is 1.57. The molecular formula is C16H22N4O2. The lowest BCUT2D eigenvalue weighted by atomic mass is 10.2. The summed E-state index contributed by atoms with van der Waals surface area (Å²) in [5, 5.41) is 18.0. The largest absolute Gasteiger partial charge is 0.504 e. The number of phenols is 1. The standard InChI is InChI=1S/C16H22N4O2/c1-19(8-13-5-6-15(21)16(7-13)22-2)10-14-11-20(18-17-14)9-12-3-4-12/h5-7,11-12,21H,3-4,8-10H2,1-2H3. The van der Waals surface area contributed by atoms with Crippen LogP contribution in [0.3, 0.4) is 0 Å². The fraction of sp³-hybridized carbons (Fsp3) is 0.500. The fourth-order valence-corrected chi connectivity index (χ4v) is 2.53. The van der Waals surface area contributed by atoms with Crippen LogP contribution in [0.25, 0.3) is 0 Å². The number of ether oxygens (including phenoxy) is 1. The van der Waals surface area contributed by atoms with E-state index in [9.17, 15) is 5.11 Å². The Bertz CT molecular complexity index is 637. The van der Waals surface area contributed by atoms with Gasteiger partial charge >= 0.3 is 0 Å². The average molecular weight is 302 g/mol. The molecule has 1 aromatic carbocycles. The molecule has 0 bridgehead atoms. The lowest BCUT2D eigenvalue weighted by molar-refractivity contribution is 0.313. The third-order valence-corrected chi connectivity index (χ3v) is 3.86. The molecule has 6 heteroatoms. The highest BCUT2D eigenvalue weighted by Gasteiger charge is 2.22. The summed E-state index contributed by atoms with van der Waals surface area (Å²) in [6.07, 6.45) is 4.67. The summed E-state index contributed by atoms with van der Waals surface area (Å²) in [4.78, 5) is 2.16. The van der Waals surface area contributed by atoms with Crippen LogP contribution in [0.1, 0.15) is 24.1 Å². The number of aromatic nitrogens is 3. The lowest BCUT2D eigenvalue weighted by Gasteiger charge is -2.15. The molecule has 0 spiro atoms. The van der Waals surface area contributed by atoms with Crippen molar-refractivity contribution in [2.45, 2.75) is 32.5 Å². The molecule has 1 heterocycles. The maximum Gasteiger partial charge on any atom is 0.160 e. The normalized spacial score (nSPS) is 14.5. The number of rotatable bonds is 7. The Kier molecular flexibility index (Phi) is 4.29. The van der Waals surface area contributed by atoms with E-state index >= 15 is 0 Å². The molecule has 6 nitrogen and oxygen atoms in total. The zero-order valence-electron chi connectivity index (χ0n) is 13.1. The highest BCUT2D eigenvalue weighted by atomic mass is 16.5. The van der Waals surface area contributed by atoms with Crippen LogP contribution in [0.4, 0.5) is 0 Å². The van der Waals surface area contributed by atoms with Crippen molar-refractivity contribution in [2.24, 2.45) is 5.92 Å². The number of methoxy groups -OCH3 is 1. The monoisotopic (exact) mass is 302 g/mol. The molecule has 1 fully saturated rings. The summed E-state index contributed by atoms with van der Waals surface area (Å²) in [6, 6.07) is 5.42. The van der Waals surface area contributed by atoms with Crippen LogP contribution in [0.15, 0.2) is 24.4 Å². The van der Waals surface area contributed by atoms with Crippen molar-refractivity contribution in [1.82, 2.24) is 19.9 Å². The Morgan fingerprint density at radius 3 is 2.91 bits per heavy atom. The van der Waals surface area contributed by atoms with Crippen molar-refractivity contribution in [1.29, 1.82) is 0 Å². The molecule has 0 unspecified atom stereocenters. The Morgan fingerprint density at radius 2 is 2.18 bits per heavy atom. The van der Waals surface area contributed by atoms with Gasteiger partial charge in [-0.05, 0) is 43.5 Å². The van der Waals surface area contributed by atoms with E-state index in [2.05, 4.69) is 15.2 Å². The molecule has 0 aliphatic heterocycles. The van der Waals surface area contributed by atoms with Crippen LogP contribution in [0.5, 0.6) is 11.5 Å². The minimum atomic E-state index is 0.164. The van der Waals surface area contributed by atoms with E-state index in [1.54, 1.807) is 13.2 Å². The van der Waals surface area contributed by atoms with E-state index in [1.165, 1.54) is 12.8 Å². The molecular weight excluding hydrogens is 280 g/mol. The minimum Gasteiger partial charge on any atom is -0.504 e. The molecule has 3 rings (SSSR count). The van der Waals surface area contributed by atoms with Gasteiger partial charge in [-0.3, -0.25) is 9.58 Å². The van der Waals surface area contributed by atoms with E-state index < -0.39 is 0 Å². The van der Waals surface area contributed by atoms with Gasteiger partial charge in [0.2, 0.25) is 0 Å². The average Bonchev–Trinajstić information content (AvgIpc) is 3.20. The number of aromatic hydroxyl groups is 1. The van der Waals surface area contributed by atoms with Crippen molar-refractivity contribution in [3.05, 3.63) is 35.7 Å². The van der Waals surface area contributed by atoms with Crippen LogP contribution in [0, 0.1) is 5.92 Å². The third kappa shape index (κ3) is 3.76. The molecule has 1 aromatic heterocycles. The predicted octanol–water partition coefficient (Wildman–Crippen LogP) is 2.03. The van der Waals surface area contributed by atoms with E-state index in [4.69, 9.17) is 4.74 Å². The smallest absolute Gasteiger partial charge is 0.160 e. The van der Waals surface area contributed by atoms with Crippen molar-refractivity contribution >= 4 is 0 Å². The van der Waals surface area contributed by atoms with E-state index in [1.807, 2.05) is 30.1 Å². The third-order valence-electron chi connectivity index (χ3n) is 3.86. The zero-order valence-corrected chi connectivity index (χ0v) is 13.1. The summed E-state index contributed by atoms with van der Waals surface area (Å²) < 4.78 is 7.09. The van der Waals surface area contributed by atoms with Gasteiger partial charge in [-0.15, -0.1) is 5.10 Å². The molecule has 2 aromatic rings. The number of phenolic OH excluding ortho intramolecular Hbond substituents is 1. The van der Waals surface area contributed by atoms with Crippen LogP contribution >= 0.6 is 0 Å². The summed E-state index contributed by atoms with van der Waals surface area (Å²) in [6.45, 7) is 2.49. The van der Waals surface area contributed by atoms with Crippen molar-refractivity contribution in [3.63, 3.8) is 0 Å². The lowest BCUT2D eigenvalue weighted by Crippen LogP contribution is -2.17. The van der Waals surface area contributed by atoms with Crippen LogP contribution < -0.4 is 4.74 Å². The molecule has 1 aliphatic carbocycles. The van der Waals surface area contributed by atoms with E-state index in [0.29, 0.717) is 5.75 Å². The highest BCUT2D eigenvalue weighted by molar-refractivity contribution is 5.41. The minimum absolute atomic E-state index is 0.164. The Hall–Kier alpha value is -2.08. The van der Waals surface area contributed by atoms with E-state index in [-0.39, 0.29) is 5.75 Å². The topological polar surface area (TPSA) is 63.4 Å². The van der Waals surface area contributed by atoms with Gasteiger partial charge in [0.05, 0.1) is 12.8 Å². The molecule has 0 saturated heterocycles. The number of nitrogens with zero attached hydrogens (tertiary/aromatic N) is 4. The molecule has 118 valence electrons. The summed E-state index contributed by atoms with van der Waals surface area (Å²) in [5.41, 5.74) is 2.07. The SMILES string of the molecule is COc1cc(CN(C)Cc2cn(CC3CC3)nn2)ccc1O. The second kappa shape index (κ2) is 6.36. The van der Waals surface area contributed by atoms with Crippen LogP contribution in [0.2, 0.25) is 0 Å². The van der Waals surface area contributed by atoms with Gasteiger partial charge in [0.15, 0.2) is 11.5 Å². The zero-order chi connectivity index (χ0) is 15.5. The van der Waals surface area contributed by atoms with Gasteiger partial charge in [0.1, 0.15) is 0 Å². The first kappa shape index (κ1) is 14.8. The van der Waals surface area contributed by atoms with Gasteiger partial charge in [-0.1, -0.05) is 11.3 Å². The molecule has 1 N–H and O–H groups in total. The van der Waals surface area contributed by atoms with Crippen molar-refractivity contribution in [3.8, 4) is 11.5 Å². The van der Waals surface area contributed by atoms with Gasteiger partial charge in [-0.25, -0.2) is 0 Å². The summed E-state index contributed by atoms with van der Waals surface area (Å²) in [5.74, 6) is 1.47. The molecule has 0 atom stereocenters. The Labute approximate surface area is 130 Å². The summed E-state index contributed by atoms with van der Waals surface area (Å²) in [7, 11) is 3.60. The molecule has 0 radical (unpaired) electrons. The van der Waals surface area contributed by atoms with Crippen LogP contribution in [-0.4, -0.2) is 39.2 Å². The van der Waals surface area contributed by atoms with Gasteiger partial charge in [-0.2, -0.15) is 0 Å². The maximum absolute atomic E-state index is 9.62. The van der Waals surface area contributed by atoms with E-state index in [0.717, 1.165) is 36.8 Å². The number of hydrogen-bond acceptors (Lipinski definition) is 5. The molecule has 1 saturated carbocycles. The maximum atomic E-state index is 9.62. The fourth-order valence-electron chi connectivity index (χ4n) is 2.53. The van der Waals surface area contributed by atoms with Gasteiger partial charge < -0.3 is 9.84 Å². The number of hydrogen-bond donors (Lipinski definition) is 1. The predicted molar refractivity (Wildman–Crippen MR) is 82.6 cm³/mol. The number of benzene rings is 1. The summed E-state index contributed by atoms with van der Waals surface area (Å²) >= 11 is 0. The molecule has 1 aliphatic rings. The second-order valence-electron chi connectivity index (χ2n) is 6.05. The first-order valence-corrected chi connectivity index (χ1v) is 7.57. The van der Waals surface area contributed by atoms with Crippen molar-refractivity contribution < 1.29 is 9.84 Å². The highest BCUT2D eigenvalue weighted by Crippen LogP contribution is 2.30. The van der Waals surface area contributed by atoms with Gasteiger partial charge in [0.25, 0.3) is 0 Å². The quantitative estimate of drug-likeness (QED) is 0.848. The first-order chi connectivity index (χ1) is 10.6. The second-order valence-corrected chi connectivity index (χ2v) is 6.05. The Morgan fingerprint density at radius 1 is 1.36 bits per heavy atom. The molecule has 0 amide bonds. The van der Waals surface area contributed by atoms with Crippen LogP contribution in [-0.2, 0) is 19.6 Å². The first-order valence-electron chi connectivity index (χ1n) is 7.57. The van der Waals surface area contributed by atoms with Gasteiger partial charge in [0, 0.05) is 25.8 Å². The molecule has 22 heavy (non-hydrogen) atoms. The van der Waals surface area contributed by atoms with Crippen molar-refractivity contribution in [2.75, 3.05) is 14.2 Å².